The normalized spacial score (nSPS) is 29.3. The van der Waals surface area contributed by atoms with E-state index in [4.69, 9.17) is 5.11 Å². The van der Waals surface area contributed by atoms with Gasteiger partial charge in [0.1, 0.15) is 5.54 Å². The van der Waals surface area contributed by atoms with Gasteiger partial charge >= 0.3 is 5.97 Å². The Labute approximate surface area is 91.8 Å². The summed E-state index contributed by atoms with van der Waals surface area (Å²) in [5, 5.41) is 12.0. The number of piperidine rings is 1. The highest BCUT2D eigenvalue weighted by molar-refractivity contribution is 6.47. The van der Waals surface area contributed by atoms with E-state index in [-0.39, 0.29) is 0 Å². The van der Waals surface area contributed by atoms with Gasteiger partial charge in [0.05, 0.1) is 0 Å². The SMILES string of the molecule is CC1(C(=O)O)NCCC2=CC(=O)C(=O)C=C21. The maximum atomic E-state index is 11.3. The van der Waals surface area contributed by atoms with Gasteiger partial charge in [-0.15, -0.1) is 0 Å². The van der Waals surface area contributed by atoms with Crippen molar-refractivity contribution in [3.8, 4) is 0 Å². The van der Waals surface area contributed by atoms with Crippen LogP contribution in [0, 0.1) is 0 Å². The van der Waals surface area contributed by atoms with E-state index in [1.54, 1.807) is 0 Å². The smallest absolute Gasteiger partial charge is 0.328 e. The Bertz CT molecular complexity index is 461. The third-order valence-corrected chi connectivity index (χ3v) is 3.01. The van der Waals surface area contributed by atoms with Gasteiger partial charge in [0.2, 0.25) is 11.6 Å². The van der Waals surface area contributed by atoms with Crippen LogP contribution in [0.1, 0.15) is 13.3 Å². The Morgan fingerprint density at radius 1 is 1.38 bits per heavy atom. The maximum Gasteiger partial charge on any atom is 0.328 e. The lowest BCUT2D eigenvalue weighted by Gasteiger charge is -2.36. The van der Waals surface area contributed by atoms with Crippen molar-refractivity contribution in [2.75, 3.05) is 6.54 Å². The molecule has 0 aromatic heterocycles. The summed E-state index contributed by atoms with van der Waals surface area (Å²) in [6.45, 7) is 1.98. The van der Waals surface area contributed by atoms with E-state index >= 15 is 0 Å². The van der Waals surface area contributed by atoms with Gasteiger partial charge in [0, 0.05) is 6.54 Å². The number of nitrogens with one attached hydrogen (secondary N) is 1. The van der Waals surface area contributed by atoms with E-state index in [2.05, 4.69) is 5.32 Å². The molecule has 5 nitrogen and oxygen atoms in total. The monoisotopic (exact) mass is 221 g/mol. The molecule has 16 heavy (non-hydrogen) atoms. The highest BCUT2D eigenvalue weighted by atomic mass is 16.4. The van der Waals surface area contributed by atoms with Crippen LogP contribution in [0.4, 0.5) is 0 Å². The van der Waals surface area contributed by atoms with Gasteiger partial charge in [0.25, 0.3) is 0 Å². The molecule has 1 aliphatic heterocycles. The van der Waals surface area contributed by atoms with Crippen molar-refractivity contribution < 1.29 is 19.5 Å². The van der Waals surface area contributed by atoms with Crippen molar-refractivity contribution in [2.24, 2.45) is 0 Å². The van der Waals surface area contributed by atoms with Crippen molar-refractivity contribution in [3.05, 3.63) is 23.3 Å². The van der Waals surface area contributed by atoms with Crippen molar-refractivity contribution in [3.63, 3.8) is 0 Å². The molecule has 1 unspecified atom stereocenters. The highest BCUT2D eigenvalue weighted by Crippen LogP contribution is 2.32. The molecule has 5 heteroatoms. The summed E-state index contributed by atoms with van der Waals surface area (Å²) in [6, 6.07) is 0. The van der Waals surface area contributed by atoms with Crippen LogP contribution in [0.3, 0.4) is 0 Å². The summed E-state index contributed by atoms with van der Waals surface area (Å²) in [5.74, 6) is -2.28. The van der Waals surface area contributed by atoms with E-state index in [0.29, 0.717) is 24.1 Å². The number of hydrogen-bond acceptors (Lipinski definition) is 4. The summed E-state index contributed by atoms with van der Waals surface area (Å²) >= 11 is 0. The molecule has 2 aliphatic rings. The van der Waals surface area contributed by atoms with Gasteiger partial charge in [0.15, 0.2) is 0 Å². The van der Waals surface area contributed by atoms with Crippen molar-refractivity contribution in [2.45, 2.75) is 18.9 Å². The molecule has 0 saturated carbocycles. The Hall–Kier alpha value is -1.75. The summed E-state index contributed by atoms with van der Waals surface area (Å²) in [4.78, 5) is 33.7. The number of hydrogen-bond donors (Lipinski definition) is 2. The molecule has 1 fully saturated rings. The van der Waals surface area contributed by atoms with Crippen LogP contribution < -0.4 is 5.32 Å². The van der Waals surface area contributed by atoms with Gasteiger partial charge in [-0.3, -0.25) is 14.9 Å². The minimum Gasteiger partial charge on any atom is -0.480 e. The molecule has 1 atom stereocenters. The third-order valence-electron chi connectivity index (χ3n) is 3.01. The number of carboxylic acids is 1. The first-order chi connectivity index (χ1) is 7.45. The van der Waals surface area contributed by atoms with E-state index in [1.807, 2.05) is 0 Å². The van der Waals surface area contributed by atoms with Gasteiger partial charge in [-0.2, -0.15) is 0 Å². The summed E-state index contributed by atoms with van der Waals surface area (Å²) in [6.07, 6.45) is 2.95. The molecule has 0 aromatic rings. The molecule has 0 amide bonds. The van der Waals surface area contributed by atoms with Crippen LogP contribution in [0.2, 0.25) is 0 Å². The fraction of sp³-hybridized carbons (Fsp3) is 0.364. The van der Waals surface area contributed by atoms with Gasteiger partial charge in [-0.05, 0) is 36.6 Å². The zero-order valence-electron chi connectivity index (χ0n) is 8.74. The number of rotatable bonds is 1. The Balaban J connectivity index is 2.52. The Morgan fingerprint density at radius 3 is 2.62 bits per heavy atom. The van der Waals surface area contributed by atoms with Crippen LogP contribution in [-0.2, 0) is 14.4 Å². The quantitative estimate of drug-likeness (QED) is 0.474. The number of carbonyl (C=O) groups excluding carboxylic acids is 2. The van der Waals surface area contributed by atoms with E-state index in [1.165, 1.54) is 13.0 Å². The molecular formula is C11H11NO4. The molecule has 1 heterocycles. The molecule has 2 rings (SSSR count). The number of allylic oxidation sites excluding steroid dienone is 2. The second-order valence-electron chi connectivity index (χ2n) is 4.06. The van der Waals surface area contributed by atoms with Crippen LogP contribution in [0.5, 0.6) is 0 Å². The molecule has 1 saturated heterocycles. The third kappa shape index (κ3) is 1.40. The minimum absolute atomic E-state index is 0.399. The average Bonchev–Trinajstić information content (AvgIpc) is 2.21. The van der Waals surface area contributed by atoms with Crippen LogP contribution in [0.15, 0.2) is 23.3 Å². The molecular weight excluding hydrogens is 210 g/mol. The topological polar surface area (TPSA) is 83.5 Å². The first-order valence-electron chi connectivity index (χ1n) is 4.95. The van der Waals surface area contributed by atoms with E-state index in [0.717, 1.165) is 6.08 Å². The second-order valence-corrected chi connectivity index (χ2v) is 4.06. The molecule has 0 aromatic carbocycles. The predicted octanol–water partition coefficient (Wildman–Crippen LogP) is -0.172. The molecule has 1 aliphatic carbocycles. The second kappa shape index (κ2) is 3.38. The lowest BCUT2D eigenvalue weighted by molar-refractivity contribution is -0.142. The number of carbonyl (C=O) groups is 3. The van der Waals surface area contributed by atoms with Gasteiger partial charge < -0.3 is 5.11 Å². The fourth-order valence-corrected chi connectivity index (χ4v) is 2.01. The number of aliphatic carboxylic acids is 1. The minimum atomic E-state index is -1.28. The number of carboxylic acid groups (broad SMARTS) is 1. The Kier molecular flexibility index (Phi) is 2.27. The number of fused-ring (bicyclic) bond motifs is 1. The van der Waals surface area contributed by atoms with E-state index in [9.17, 15) is 14.4 Å². The maximum absolute atomic E-state index is 11.3. The highest BCUT2D eigenvalue weighted by Gasteiger charge is 2.43. The van der Waals surface area contributed by atoms with Crippen molar-refractivity contribution >= 4 is 17.5 Å². The van der Waals surface area contributed by atoms with Gasteiger partial charge in [-0.1, -0.05) is 0 Å². The zero-order valence-corrected chi connectivity index (χ0v) is 8.74. The number of ketones is 2. The molecule has 0 radical (unpaired) electrons. The predicted molar refractivity (Wildman–Crippen MR) is 54.8 cm³/mol. The van der Waals surface area contributed by atoms with E-state index < -0.39 is 23.1 Å². The van der Waals surface area contributed by atoms with Crippen LogP contribution in [-0.4, -0.2) is 34.7 Å². The lowest BCUT2D eigenvalue weighted by Crippen LogP contribution is -2.55. The molecule has 0 bridgehead atoms. The molecule has 0 spiro atoms. The van der Waals surface area contributed by atoms with Gasteiger partial charge in [-0.25, -0.2) is 4.79 Å². The van der Waals surface area contributed by atoms with Crippen LogP contribution in [0.25, 0.3) is 0 Å². The summed E-state index contributed by atoms with van der Waals surface area (Å²) in [5.41, 5.74) is -0.232. The first kappa shape index (κ1) is 10.8. The molecule has 84 valence electrons. The molecule has 2 N–H and O–H groups in total. The summed E-state index contributed by atoms with van der Waals surface area (Å²) < 4.78 is 0. The van der Waals surface area contributed by atoms with Crippen molar-refractivity contribution in [1.82, 2.24) is 5.32 Å². The lowest BCUT2D eigenvalue weighted by atomic mass is 9.78. The Morgan fingerprint density at radius 2 is 2.00 bits per heavy atom. The summed E-state index contributed by atoms with van der Waals surface area (Å²) in [7, 11) is 0. The zero-order chi connectivity index (χ0) is 11.9. The average molecular weight is 221 g/mol. The fourth-order valence-electron chi connectivity index (χ4n) is 2.01. The largest absolute Gasteiger partial charge is 0.480 e. The van der Waals surface area contributed by atoms with Crippen molar-refractivity contribution in [1.29, 1.82) is 0 Å². The standard InChI is InChI=1S/C11H11NO4/c1-11(10(15)16)7-5-9(14)8(13)4-6(7)2-3-12-11/h4-5,12H,2-3H2,1H3,(H,15,16). The first-order valence-corrected chi connectivity index (χ1v) is 4.95. The van der Waals surface area contributed by atoms with Crippen LogP contribution >= 0.6 is 0 Å².